The molecule has 22 heavy (non-hydrogen) atoms. The second kappa shape index (κ2) is 5.87. The van der Waals surface area contributed by atoms with Crippen molar-refractivity contribution in [1.29, 1.82) is 0 Å². The highest BCUT2D eigenvalue weighted by atomic mass is 32.1. The van der Waals surface area contributed by atoms with E-state index in [1.165, 1.54) is 5.01 Å². The number of thiocarbonyl (C=S) groups is 1. The van der Waals surface area contributed by atoms with Gasteiger partial charge in [0.2, 0.25) is 0 Å². The second-order valence-electron chi connectivity index (χ2n) is 5.14. The van der Waals surface area contributed by atoms with Crippen LogP contribution >= 0.6 is 12.2 Å². The summed E-state index contributed by atoms with van der Waals surface area (Å²) in [6.45, 7) is 0. The van der Waals surface area contributed by atoms with Gasteiger partial charge in [-0.05, 0) is 17.8 Å². The zero-order valence-electron chi connectivity index (χ0n) is 12.2. The van der Waals surface area contributed by atoms with E-state index in [9.17, 15) is 5.11 Å². The van der Waals surface area contributed by atoms with Crippen LogP contribution in [0.1, 0.15) is 17.5 Å². The Kier molecular flexibility index (Phi) is 3.92. The minimum absolute atomic E-state index is 0.378. The predicted molar refractivity (Wildman–Crippen MR) is 91.4 cm³/mol. The van der Waals surface area contributed by atoms with Crippen molar-refractivity contribution in [2.24, 2.45) is 5.10 Å². The van der Waals surface area contributed by atoms with Crippen molar-refractivity contribution >= 4 is 23.0 Å². The van der Waals surface area contributed by atoms with E-state index in [1.54, 1.807) is 7.05 Å². The van der Waals surface area contributed by atoms with Crippen molar-refractivity contribution in [2.45, 2.75) is 12.1 Å². The lowest BCUT2D eigenvalue weighted by molar-refractivity contribution is -0.0573. The van der Waals surface area contributed by atoms with E-state index in [0.29, 0.717) is 11.5 Å². The van der Waals surface area contributed by atoms with Crippen LogP contribution in [0.2, 0.25) is 0 Å². The minimum Gasteiger partial charge on any atom is -0.365 e. The Balaban J connectivity index is 2.03. The number of hydrazone groups is 1. The summed E-state index contributed by atoms with van der Waals surface area (Å²) in [7, 11) is 1.73. The molecule has 1 heterocycles. The fraction of sp³-hybridized carbons (Fsp3) is 0.176. The van der Waals surface area contributed by atoms with Gasteiger partial charge in [0.25, 0.3) is 0 Å². The molecule has 0 aliphatic carbocycles. The quantitative estimate of drug-likeness (QED) is 0.837. The summed E-state index contributed by atoms with van der Waals surface area (Å²) in [5.41, 5.74) is 1.29. The zero-order valence-corrected chi connectivity index (χ0v) is 13.0. The normalized spacial score (nSPS) is 20.6. The fourth-order valence-electron chi connectivity index (χ4n) is 2.59. The van der Waals surface area contributed by atoms with E-state index in [2.05, 4.69) is 10.4 Å². The van der Waals surface area contributed by atoms with Gasteiger partial charge in [0.05, 0.1) is 5.71 Å². The average Bonchev–Trinajstić information content (AvgIpc) is 2.95. The summed E-state index contributed by atoms with van der Waals surface area (Å²) in [5.74, 6) is 0. The SMILES string of the molecule is CNC(=S)N1N=C(c2ccccc2)C[C@@]1(O)c1ccccc1. The molecule has 2 N–H and O–H groups in total. The maximum absolute atomic E-state index is 11.2. The monoisotopic (exact) mass is 311 g/mol. The smallest absolute Gasteiger partial charge is 0.192 e. The van der Waals surface area contributed by atoms with E-state index in [-0.39, 0.29) is 0 Å². The summed E-state index contributed by atoms with van der Waals surface area (Å²) in [6.07, 6.45) is 0.378. The first-order chi connectivity index (χ1) is 10.6. The number of rotatable bonds is 2. The predicted octanol–water partition coefficient (Wildman–Crippen LogP) is 2.45. The van der Waals surface area contributed by atoms with Gasteiger partial charge in [-0.1, -0.05) is 60.7 Å². The van der Waals surface area contributed by atoms with Crippen molar-refractivity contribution < 1.29 is 5.11 Å². The highest BCUT2D eigenvalue weighted by Crippen LogP contribution is 2.36. The topological polar surface area (TPSA) is 47.9 Å². The molecule has 1 aliphatic heterocycles. The lowest BCUT2D eigenvalue weighted by Crippen LogP contribution is -2.46. The van der Waals surface area contributed by atoms with Crippen LogP contribution in [0.15, 0.2) is 65.8 Å². The van der Waals surface area contributed by atoms with Crippen LogP contribution in [0.5, 0.6) is 0 Å². The van der Waals surface area contributed by atoms with E-state index in [4.69, 9.17) is 12.2 Å². The molecule has 0 aromatic heterocycles. The van der Waals surface area contributed by atoms with Crippen LogP contribution < -0.4 is 5.32 Å². The number of aliphatic hydroxyl groups is 1. The van der Waals surface area contributed by atoms with Gasteiger partial charge in [0.1, 0.15) is 0 Å². The maximum atomic E-state index is 11.2. The minimum atomic E-state index is -1.27. The van der Waals surface area contributed by atoms with Crippen LogP contribution in [0.3, 0.4) is 0 Å². The van der Waals surface area contributed by atoms with Gasteiger partial charge in [-0.25, -0.2) is 5.01 Å². The number of nitrogens with one attached hydrogen (secondary N) is 1. The van der Waals surface area contributed by atoms with Crippen molar-refractivity contribution in [3.63, 3.8) is 0 Å². The summed E-state index contributed by atoms with van der Waals surface area (Å²) in [5, 5.41) is 20.6. The third-order valence-corrected chi connectivity index (χ3v) is 4.11. The third kappa shape index (κ3) is 2.49. The Morgan fingerprint density at radius 2 is 1.73 bits per heavy atom. The molecule has 4 nitrogen and oxygen atoms in total. The van der Waals surface area contributed by atoms with Crippen molar-refractivity contribution in [1.82, 2.24) is 10.3 Å². The van der Waals surface area contributed by atoms with Crippen molar-refractivity contribution in [2.75, 3.05) is 7.05 Å². The summed E-state index contributed by atoms with van der Waals surface area (Å²) in [6, 6.07) is 19.3. The molecule has 0 saturated carbocycles. The molecule has 2 aromatic rings. The number of nitrogens with zero attached hydrogens (tertiary/aromatic N) is 2. The Morgan fingerprint density at radius 3 is 2.32 bits per heavy atom. The lowest BCUT2D eigenvalue weighted by atomic mass is 9.95. The van der Waals surface area contributed by atoms with Crippen molar-refractivity contribution in [3.05, 3.63) is 71.8 Å². The van der Waals surface area contributed by atoms with E-state index < -0.39 is 5.72 Å². The maximum Gasteiger partial charge on any atom is 0.192 e. The van der Waals surface area contributed by atoms with Crippen LogP contribution in [0, 0.1) is 0 Å². The van der Waals surface area contributed by atoms with E-state index in [0.717, 1.165) is 16.8 Å². The molecule has 3 rings (SSSR count). The van der Waals surface area contributed by atoms with E-state index in [1.807, 2.05) is 60.7 Å². The van der Waals surface area contributed by atoms with Gasteiger partial charge < -0.3 is 10.4 Å². The standard InChI is InChI=1S/C17H17N3OS/c1-18-16(22)20-17(21,14-10-6-3-7-11-14)12-15(19-20)13-8-4-2-5-9-13/h2-11,21H,12H2,1H3,(H,18,22)/t17-/m1/s1. The van der Waals surface area contributed by atoms with Crippen LogP contribution in [0.25, 0.3) is 0 Å². The first-order valence-corrected chi connectivity index (χ1v) is 7.49. The van der Waals surface area contributed by atoms with Crippen LogP contribution in [0.4, 0.5) is 0 Å². The molecule has 0 spiro atoms. The molecule has 112 valence electrons. The molecule has 0 radical (unpaired) electrons. The highest BCUT2D eigenvalue weighted by molar-refractivity contribution is 7.80. The Hall–Kier alpha value is -2.24. The molecule has 1 atom stereocenters. The van der Waals surface area contributed by atoms with Gasteiger partial charge in [-0.2, -0.15) is 5.10 Å². The van der Waals surface area contributed by atoms with Gasteiger partial charge in [-0.15, -0.1) is 0 Å². The second-order valence-corrected chi connectivity index (χ2v) is 5.53. The first kappa shape index (κ1) is 14.7. The number of hydrogen-bond acceptors (Lipinski definition) is 3. The molecule has 5 heteroatoms. The van der Waals surface area contributed by atoms with Crippen LogP contribution in [-0.2, 0) is 5.72 Å². The highest BCUT2D eigenvalue weighted by Gasteiger charge is 2.44. The summed E-state index contributed by atoms with van der Waals surface area (Å²) in [4.78, 5) is 0. The molecule has 1 aliphatic rings. The molecular weight excluding hydrogens is 294 g/mol. The molecule has 0 saturated heterocycles. The Labute approximate surface area is 135 Å². The molecule has 0 amide bonds. The van der Waals surface area contributed by atoms with Gasteiger partial charge in [0, 0.05) is 19.0 Å². The Bertz CT molecular complexity index is 702. The summed E-state index contributed by atoms with van der Waals surface area (Å²) < 4.78 is 0. The van der Waals surface area contributed by atoms with Crippen LogP contribution in [-0.4, -0.2) is 28.0 Å². The number of benzene rings is 2. The molecule has 0 unspecified atom stereocenters. The largest absolute Gasteiger partial charge is 0.365 e. The first-order valence-electron chi connectivity index (χ1n) is 7.08. The molecule has 2 aromatic carbocycles. The zero-order chi connectivity index (χ0) is 15.6. The lowest BCUT2D eigenvalue weighted by Gasteiger charge is -2.32. The number of hydrogen-bond donors (Lipinski definition) is 2. The average molecular weight is 311 g/mol. The van der Waals surface area contributed by atoms with Gasteiger partial charge in [0.15, 0.2) is 10.8 Å². The third-order valence-electron chi connectivity index (χ3n) is 3.73. The molecular formula is C17H17N3OS. The fourth-order valence-corrected chi connectivity index (χ4v) is 2.78. The van der Waals surface area contributed by atoms with Gasteiger partial charge in [-0.3, -0.25) is 0 Å². The van der Waals surface area contributed by atoms with Gasteiger partial charge >= 0.3 is 0 Å². The Morgan fingerprint density at radius 1 is 1.14 bits per heavy atom. The molecule has 0 fully saturated rings. The van der Waals surface area contributed by atoms with E-state index >= 15 is 0 Å². The molecule has 0 bridgehead atoms. The van der Waals surface area contributed by atoms with Crippen molar-refractivity contribution in [3.8, 4) is 0 Å². The summed E-state index contributed by atoms with van der Waals surface area (Å²) >= 11 is 5.31.